The lowest BCUT2D eigenvalue weighted by Crippen LogP contribution is -2.22. The second-order valence-electron chi connectivity index (χ2n) is 4.62. The molecule has 0 spiro atoms. The van der Waals surface area contributed by atoms with E-state index in [1.165, 1.54) is 0 Å². The number of nitrogens with one attached hydrogen (secondary N) is 1. The number of rotatable bonds is 1. The van der Waals surface area contributed by atoms with Gasteiger partial charge >= 0.3 is 0 Å². The molecule has 0 saturated carbocycles. The predicted molar refractivity (Wildman–Crippen MR) is 59.7 cm³/mol. The molecule has 2 aliphatic rings. The van der Waals surface area contributed by atoms with Gasteiger partial charge in [0.25, 0.3) is 5.56 Å². The monoisotopic (exact) mass is 220 g/mol. The molecule has 0 aromatic carbocycles. The molecule has 86 valence electrons. The van der Waals surface area contributed by atoms with E-state index < -0.39 is 0 Å². The van der Waals surface area contributed by atoms with Gasteiger partial charge in [0.1, 0.15) is 5.82 Å². The van der Waals surface area contributed by atoms with Crippen LogP contribution in [0.5, 0.6) is 0 Å². The summed E-state index contributed by atoms with van der Waals surface area (Å²) in [6, 6.07) is 0. The minimum atomic E-state index is 0.0870. The Balaban J connectivity index is 1.96. The fraction of sp³-hybridized carbons (Fsp3) is 0.667. The van der Waals surface area contributed by atoms with Gasteiger partial charge in [-0.15, -0.1) is 0 Å². The summed E-state index contributed by atoms with van der Waals surface area (Å²) in [5, 5.41) is 0. The van der Waals surface area contributed by atoms with E-state index in [0.29, 0.717) is 5.92 Å². The first-order valence-electron chi connectivity index (χ1n) is 6.04. The van der Waals surface area contributed by atoms with Gasteiger partial charge in [0.05, 0.1) is 5.69 Å². The lowest BCUT2D eigenvalue weighted by Gasteiger charge is -2.21. The van der Waals surface area contributed by atoms with Gasteiger partial charge in [0.15, 0.2) is 0 Å². The van der Waals surface area contributed by atoms with Gasteiger partial charge in [0.2, 0.25) is 0 Å². The molecule has 0 unspecified atom stereocenters. The van der Waals surface area contributed by atoms with Crippen LogP contribution in [-0.2, 0) is 17.6 Å². The van der Waals surface area contributed by atoms with Crippen molar-refractivity contribution in [3.8, 4) is 0 Å². The quantitative estimate of drug-likeness (QED) is 0.772. The molecule has 1 aromatic rings. The van der Waals surface area contributed by atoms with E-state index in [4.69, 9.17) is 4.74 Å². The average Bonchev–Trinajstić information content (AvgIpc) is 2.79. The van der Waals surface area contributed by atoms with Crippen molar-refractivity contribution in [3.05, 3.63) is 27.4 Å². The van der Waals surface area contributed by atoms with Gasteiger partial charge < -0.3 is 9.72 Å². The molecule has 1 fully saturated rings. The van der Waals surface area contributed by atoms with Gasteiger partial charge in [-0.1, -0.05) is 0 Å². The summed E-state index contributed by atoms with van der Waals surface area (Å²) in [6.45, 7) is 1.57. The summed E-state index contributed by atoms with van der Waals surface area (Å²) < 4.78 is 5.32. The fourth-order valence-corrected chi connectivity index (χ4v) is 2.63. The lowest BCUT2D eigenvalue weighted by molar-refractivity contribution is 0.0835. The first-order chi connectivity index (χ1) is 7.84. The maximum Gasteiger partial charge on any atom is 0.254 e. The van der Waals surface area contributed by atoms with Gasteiger partial charge in [-0.3, -0.25) is 4.79 Å². The second-order valence-corrected chi connectivity index (χ2v) is 4.62. The van der Waals surface area contributed by atoms with Gasteiger partial charge in [-0.05, 0) is 32.1 Å². The lowest BCUT2D eigenvalue weighted by atomic mass is 9.99. The fourth-order valence-electron chi connectivity index (χ4n) is 2.63. The first kappa shape index (κ1) is 10.0. The zero-order chi connectivity index (χ0) is 11.0. The van der Waals surface area contributed by atoms with E-state index >= 15 is 0 Å². The maximum absolute atomic E-state index is 11.8. The summed E-state index contributed by atoms with van der Waals surface area (Å²) >= 11 is 0. The maximum atomic E-state index is 11.8. The Kier molecular flexibility index (Phi) is 2.52. The van der Waals surface area contributed by atoms with Crippen molar-refractivity contribution >= 4 is 0 Å². The first-order valence-corrected chi connectivity index (χ1v) is 6.04. The van der Waals surface area contributed by atoms with Crippen LogP contribution in [0, 0.1) is 0 Å². The Bertz CT molecular complexity index is 447. The molecule has 0 bridgehead atoms. The molecule has 2 heterocycles. The minimum Gasteiger partial charge on any atom is -0.381 e. The average molecular weight is 220 g/mol. The predicted octanol–water partition coefficient (Wildman–Crippen LogP) is 1.15. The third-order valence-corrected chi connectivity index (χ3v) is 3.57. The SMILES string of the molecule is O=c1[nH]c(C2CCOCC2)nc2c1CCC2. The number of aryl methyl sites for hydroxylation is 1. The smallest absolute Gasteiger partial charge is 0.254 e. The number of hydrogen-bond acceptors (Lipinski definition) is 3. The number of ether oxygens (including phenoxy) is 1. The van der Waals surface area contributed by atoms with Crippen LogP contribution in [0.3, 0.4) is 0 Å². The number of aromatic amines is 1. The van der Waals surface area contributed by atoms with E-state index in [-0.39, 0.29) is 5.56 Å². The largest absolute Gasteiger partial charge is 0.381 e. The molecule has 4 nitrogen and oxygen atoms in total. The topological polar surface area (TPSA) is 55.0 Å². The number of fused-ring (bicyclic) bond motifs is 1. The van der Waals surface area contributed by atoms with Crippen LogP contribution in [0.15, 0.2) is 4.79 Å². The third-order valence-electron chi connectivity index (χ3n) is 3.57. The number of nitrogens with zero attached hydrogens (tertiary/aromatic N) is 1. The van der Waals surface area contributed by atoms with Crippen molar-refractivity contribution in [2.75, 3.05) is 13.2 Å². The van der Waals surface area contributed by atoms with Crippen LogP contribution in [0.2, 0.25) is 0 Å². The molecule has 0 radical (unpaired) electrons. The number of H-pyrrole nitrogens is 1. The summed E-state index contributed by atoms with van der Waals surface area (Å²) in [7, 11) is 0. The molecular formula is C12H16N2O2. The second kappa shape index (κ2) is 4.01. The van der Waals surface area contributed by atoms with Crippen molar-refractivity contribution in [2.24, 2.45) is 0 Å². The summed E-state index contributed by atoms with van der Waals surface area (Å²) in [5.74, 6) is 1.27. The molecule has 1 saturated heterocycles. The molecule has 1 aliphatic carbocycles. The molecule has 0 atom stereocenters. The third kappa shape index (κ3) is 1.67. The van der Waals surface area contributed by atoms with Crippen molar-refractivity contribution in [2.45, 2.75) is 38.0 Å². The van der Waals surface area contributed by atoms with E-state index in [0.717, 1.165) is 62.4 Å². The van der Waals surface area contributed by atoms with Crippen molar-refractivity contribution in [3.63, 3.8) is 0 Å². The highest BCUT2D eigenvalue weighted by Gasteiger charge is 2.22. The molecular weight excluding hydrogens is 204 g/mol. The van der Waals surface area contributed by atoms with Crippen molar-refractivity contribution < 1.29 is 4.74 Å². The Morgan fingerprint density at radius 2 is 2.06 bits per heavy atom. The van der Waals surface area contributed by atoms with Gasteiger partial charge in [0, 0.05) is 24.7 Å². The standard InChI is InChI=1S/C12H16N2O2/c15-12-9-2-1-3-10(9)13-11(14-12)8-4-6-16-7-5-8/h8H,1-7H2,(H,13,14,15). The number of hydrogen-bond donors (Lipinski definition) is 1. The summed E-state index contributed by atoms with van der Waals surface area (Å²) in [4.78, 5) is 19.4. The highest BCUT2D eigenvalue weighted by molar-refractivity contribution is 5.23. The van der Waals surface area contributed by atoms with E-state index in [9.17, 15) is 4.79 Å². The van der Waals surface area contributed by atoms with Crippen molar-refractivity contribution in [1.29, 1.82) is 0 Å². The minimum absolute atomic E-state index is 0.0870. The highest BCUT2D eigenvalue weighted by atomic mass is 16.5. The van der Waals surface area contributed by atoms with Crippen molar-refractivity contribution in [1.82, 2.24) is 9.97 Å². The zero-order valence-corrected chi connectivity index (χ0v) is 9.29. The molecule has 1 aliphatic heterocycles. The molecule has 1 N–H and O–H groups in total. The van der Waals surface area contributed by atoms with Gasteiger partial charge in [-0.25, -0.2) is 4.98 Å². The number of aromatic nitrogens is 2. The molecule has 4 heteroatoms. The van der Waals surface area contributed by atoms with Gasteiger partial charge in [-0.2, -0.15) is 0 Å². The van der Waals surface area contributed by atoms with Crippen LogP contribution in [-0.4, -0.2) is 23.2 Å². The highest BCUT2D eigenvalue weighted by Crippen LogP contribution is 2.25. The van der Waals surface area contributed by atoms with E-state index in [2.05, 4.69) is 9.97 Å². The van der Waals surface area contributed by atoms with Crippen LogP contribution < -0.4 is 5.56 Å². The van der Waals surface area contributed by atoms with Crippen LogP contribution in [0.25, 0.3) is 0 Å². The molecule has 0 amide bonds. The Hall–Kier alpha value is -1.16. The van der Waals surface area contributed by atoms with Crippen LogP contribution in [0.1, 0.15) is 42.3 Å². The summed E-state index contributed by atoms with van der Waals surface area (Å²) in [5.41, 5.74) is 2.03. The summed E-state index contributed by atoms with van der Waals surface area (Å²) in [6.07, 6.45) is 4.88. The molecule has 16 heavy (non-hydrogen) atoms. The molecule has 3 rings (SSSR count). The zero-order valence-electron chi connectivity index (χ0n) is 9.29. The Labute approximate surface area is 94.1 Å². The Morgan fingerprint density at radius 3 is 2.88 bits per heavy atom. The van der Waals surface area contributed by atoms with Crippen LogP contribution >= 0.6 is 0 Å². The molecule has 1 aromatic heterocycles. The normalized spacial score (nSPS) is 21.0. The van der Waals surface area contributed by atoms with E-state index in [1.54, 1.807) is 0 Å². The Morgan fingerprint density at radius 1 is 1.25 bits per heavy atom. The van der Waals surface area contributed by atoms with Crippen LogP contribution in [0.4, 0.5) is 0 Å². The van der Waals surface area contributed by atoms with E-state index in [1.807, 2.05) is 0 Å².